The van der Waals surface area contributed by atoms with Crippen LogP contribution in [-0.2, 0) is 4.79 Å². The summed E-state index contributed by atoms with van der Waals surface area (Å²) in [6.07, 6.45) is 0. The van der Waals surface area contributed by atoms with Crippen molar-refractivity contribution in [2.24, 2.45) is 0 Å². The Labute approximate surface area is 179 Å². The van der Waals surface area contributed by atoms with Gasteiger partial charge in [0.2, 0.25) is 0 Å². The summed E-state index contributed by atoms with van der Waals surface area (Å²) in [5, 5.41) is 7.48. The highest BCUT2D eigenvalue weighted by molar-refractivity contribution is 7.21. The van der Waals surface area contributed by atoms with Crippen molar-refractivity contribution in [2.75, 3.05) is 11.9 Å². The van der Waals surface area contributed by atoms with E-state index < -0.39 is 0 Å². The lowest BCUT2D eigenvalue weighted by molar-refractivity contribution is -0.118. The monoisotopic (exact) mass is 454 g/mol. The molecule has 28 heavy (non-hydrogen) atoms. The molecule has 2 N–H and O–H groups in total. The molecule has 0 aliphatic carbocycles. The number of rotatable bonds is 3. The lowest BCUT2D eigenvalue weighted by Crippen LogP contribution is -2.27. The first-order valence-electron chi connectivity index (χ1n) is 8.28. The molecule has 1 unspecified atom stereocenters. The number of hydrogen-bond acceptors (Lipinski definition) is 4. The third kappa shape index (κ3) is 3.53. The molecule has 3 aromatic rings. The first-order chi connectivity index (χ1) is 13.3. The van der Waals surface area contributed by atoms with Gasteiger partial charge in [-0.1, -0.05) is 40.9 Å². The molecule has 0 bridgehead atoms. The summed E-state index contributed by atoms with van der Waals surface area (Å²) in [6, 6.07) is 8.38. The highest BCUT2D eigenvalue weighted by Crippen LogP contribution is 2.41. The van der Waals surface area contributed by atoms with Crippen LogP contribution >= 0.6 is 46.1 Å². The first kappa shape index (κ1) is 19.3. The van der Waals surface area contributed by atoms with Crippen molar-refractivity contribution in [3.63, 3.8) is 0 Å². The van der Waals surface area contributed by atoms with Gasteiger partial charge in [0.05, 0.1) is 21.8 Å². The number of nitrogens with one attached hydrogen (secondary N) is 2. The van der Waals surface area contributed by atoms with Crippen molar-refractivity contribution in [3.8, 4) is 5.75 Å². The van der Waals surface area contributed by atoms with Crippen LogP contribution in [-0.4, -0.2) is 18.4 Å². The van der Waals surface area contributed by atoms with Crippen LogP contribution in [0, 0.1) is 0 Å². The largest absolute Gasteiger partial charge is 0.482 e. The van der Waals surface area contributed by atoms with E-state index in [2.05, 4.69) is 10.6 Å². The minimum absolute atomic E-state index is 0.00432. The van der Waals surface area contributed by atoms with Gasteiger partial charge in [-0.3, -0.25) is 9.59 Å². The molecule has 2 heterocycles. The Balaban J connectivity index is 1.59. The highest BCUT2D eigenvalue weighted by Gasteiger charge is 2.22. The van der Waals surface area contributed by atoms with Gasteiger partial charge in [0.1, 0.15) is 10.6 Å². The molecule has 1 atom stereocenters. The van der Waals surface area contributed by atoms with Crippen molar-refractivity contribution in [2.45, 2.75) is 13.0 Å². The molecule has 2 aromatic carbocycles. The van der Waals surface area contributed by atoms with Crippen LogP contribution in [0.1, 0.15) is 28.2 Å². The van der Waals surface area contributed by atoms with Gasteiger partial charge in [-0.25, -0.2) is 0 Å². The van der Waals surface area contributed by atoms with E-state index >= 15 is 0 Å². The van der Waals surface area contributed by atoms with Crippen LogP contribution in [0.15, 0.2) is 30.3 Å². The molecule has 1 aliphatic rings. The molecule has 0 saturated carbocycles. The molecule has 2 amide bonds. The lowest BCUT2D eigenvalue weighted by Gasteiger charge is -2.20. The number of carbonyl (C=O) groups excluding carboxylic acids is 2. The molecular weight excluding hydrogens is 443 g/mol. The van der Waals surface area contributed by atoms with Crippen LogP contribution in [0.5, 0.6) is 5.75 Å². The Bertz CT molecular complexity index is 1130. The lowest BCUT2D eigenvalue weighted by atomic mass is 10.1. The number of anilines is 1. The van der Waals surface area contributed by atoms with E-state index in [0.29, 0.717) is 36.8 Å². The number of thiophene rings is 1. The number of benzene rings is 2. The topological polar surface area (TPSA) is 67.4 Å². The predicted octanol–water partition coefficient (Wildman–Crippen LogP) is 5.68. The minimum atomic E-state index is -0.322. The molecule has 1 aromatic heterocycles. The van der Waals surface area contributed by atoms with Gasteiger partial charge < -0.3 is 15.4 Å². The maximum absolute atomic E-state index is 12.8. The van der Waals surface area contributed by atoms with Crippen molar-refractivity contribution in [1.82, 2.24) is 5.32 Å². The second-order valence-electron chi connectivity index (χ2n) is 6.29. The number of fused-ring (bicyclic) bond motifs is 2. The Morgan fingerprint density at radius 2 is 2.04 bits per heavy atom. The van der Waals surface area contributed by atoms with E-state index in [4.69, 9.17) is 39.5 Å². The number of hydrogen-bond donors (Lipinski definition) is 2. The molecule has 0 radical (unpaired) electrons. The molecule has 1 aliphatic heterocycles. The third-order valence-corrected chi connectivity index (χ3v) is 6.48. The van der Waals surface area contributed by atoms with Crippen LogP contribution in [0.4, 0.5) is 5.69 Å². The van der Waals surface area contributed by atoms with E-state index in [-0.39, 0.29) is 24.5 Å². The average molecular weight is 456 g/mol. The van der Waals surface area contributed by atoms with E-state index in [1.54, 1.807) is 24.3 Å². The van der Waals surface area contributed by atoms with Crippen molar-refractivity contribution < 1.29 is 14.3 Å². The smallest absolute Gasteiger partial charge is 0.263 e. The van der Waals surface area contributed by atoms with Crippen LogP contribution in [0.25, 0.3) is 10.1 Å². The maximum atomic E-state index is 12.8. The molecule has 0 fully saturated rings. The predicted molar refractivity (Wildman–Crippen MR) is 113 cm³/mol. The summed E-state index contributed by atoms with van der Waals surface area (Å²) >= 11 is 19.9. The van der Waals surface area contributed by atoms with Gasteiger partial charge in [-0.2, -0.15) is 0 Å². The molecular formula is C19H13Cl3N2O3S. The van der Waals surface area contributed by atoms with Crippen molar-refractivity contribution >= 4 is 73.7 Å². The fourth-order valence-corrected chi connectivity index (χ4v) is 5.25. The van der Waals surface area contributed by atoms with Gasteiger partial charge in [-0.05, 0) is 36.8 Å². The summed E-state index contributed by atoms with van der Waals surface area (Å²) in [7, 11) is 0. The van der Waals surface area contributed by atoms with E-state index in [9.17, 15) is 9.59 Å². The number of amides is 2. The molecule has 4 rings (SSSR count). The minimum Gasteiger partial charge on any atom is -0.482 e. The highest BCUT2D eigenvalue weighted by atomic mass is 35.5. The second-order valence-corrected chi connectivity index (χ2v) is 8.57. The van der Waals surface area contributed by atoms with Crippen molar-refractivity contribution in [1.29, 1.82) is 0 Å². The quantitative estimate of drug-likeness (QED) is 0.533. The van der Waals surface area contributed by atoms with Gasteiger partial charge in [0.25, 0.3) is 11.8 Å². The fraction of sp³-hybridized carbons (Fsp3) is 0.158. The van der Waals surface area contributed by atoms with Crippen LogP contribution < -0.4 is 15.4 Å². The van der Waals surface area contributed by atoms with E-state index in [1.807, 2.05) is 13.0 Å². The van der Waals surface area contributed by atoms with Gasteiger partial charge >= 0.3 is 0 Å². The number of carbonyl (C=O) groups is 2. The van der Waals surface area contributed by atoms with Gasteiger partial charge in [0, 0.05) is 15.1 Å². The Kier molecular flexibility index (Phi) is 5.14. The summed E-state index contributed by atoms with van der Waals surface area (Å²) in [4.78, 5) is 24.7. The summed E-state index contributed by atoms with van der Waals surface area (Å²) in [5.41, 5.74) is 1.40. The van der Waals surface area contributed by atoms with Gasteiger partial charge in [-0.15, -0.1) is 11.3 Å². The second kappa shape index (κ2) is 7.44. The Morgan fingerprint density at radius 3 is 2.82 bits per heavy atom. The number of ether oxygens (including phenoxy) is 1. The number of halogens is 3. The van der Waals surface area contributed by atoms with Crippen molar-refractivity contribution in [3.05, 3.63) is 55.8 Å². The first-order valence-corrected chi connectivity index (χ1v) is 10.2. The molecule has 5 nitrogen and oxygen atoms in total. The zero-order chi connectivity index (χ0) is 20.0. The standard InChI is InChI=1S/C19H13Cl3N2O3S/c1-8(9-2-3-13-12(4-9)24-15(25)7-27-13)23-19(26)18-17(22)16-11(21)5-10(20)6-14(16)28-18/h2-6,8H,7H2,1H3,(H,23,26)(H,24,25). The van der Waals surface area contributed by atoms with Gasteiger partial charge in [0.15, 0.2) is 6.61 Å². The third-order valence-electron chi connectivity index (χ3n) is 4.34. The molecule has 9 heteroatoms. The fourth-order valence-electron chi connectivity index (χ4n) is 2.97. The summed E-state index contributed by atoms with van der Waals surface area (Å²) in [6.45, 7) is 1.84. The maximum Gasteiger partial charge on any atom is 0.263 e. The van der Waals surface area contributed by atoms with E-state index in [1.165, 1.54) is 11.3 Å². The van der Waals surface area contributed by atoms with E-state index in [0.717, 1.165) is 10.3 Å². The summed E-state index contributed by atoms with van der Waals surface area (Å²) in [5.74, 6) is 0.0683. The van der Waals surface area contributed by atoms with Crippen LogP contribution in [0.3, 0.4) is 0 Å². The molecule has 0 saturated heterocycles. The van der Waals surface area contributed by atoms with Crippen LogP contribution in [0.2, 0.25) is 15.1 Å². The zero-order valence-electron chi connectivity index (χ0n) is 14.4. The normalized spacial score (nSPS) is 14.2. The average Bonchev–Trinajstić information content (AvgIpc) is 2.97. The molecule has 144 valence electrons. The molecule has 0 spiro atoms. The Hall–Kier alpha value is -1.99. The Morgan fingerprint density at radius 1 is 1.25 bits per heavy atom. The SMILES string of the molecule is CC(NC(=O)c1sc2cc(Cl)cc(Cl)c2c1Cl)c1ccc2c(c1)NC(=O)CO2. The summed E-state index contributed by atoms with van der Waals surface area (Å²) < 4.78 is 6.10. The zero-order valence-corrected chi connectivity index (χ0v) is 17.5.